The topological polar surface area (TPSA) is 44.8 Å². The molecule has 0 bridgehead atoms. The minimum absolute atomic E-state index is 0.223. The average Bonchev–Trinajstić information content (AvgIpc) is 2.47. The first-order valence-corrected chi connectivity index (χ1v) is 5.28. The maximum atomic E-state index is 11.3. The van der Waals surface area contributed by atoms with Gasteiger partial charge in [-0.3, -0.25) is 0 Å². The van der Waals surface area contributed by atoms with E-state index >= 15 is 0 Å². The Hall–Kier alpha value is -0.130. The summed E-state index contributed by atoms with van der Waals surface area (Å²) >= 11 is 3.26. The molecule has 0 N–H and O–H groups in total. The van der Waals surface area contributed by atoms with Crippen LogP contribution in [0.3, 0.4) is 0 Å². The first-order valence-electron chi connectivity index (χ1n) is 4.15. The van der Waals surface area contributed by atoms with E-state index in [1.54, 1.807) is 13.8 Å². The van der Waals surface area contributed by atoms with Crippen molar-refractivity contribution in [2.75, 3.05) is 5.33 Å². The van der Waals surface area contributed by atoms with Gasteiger partial charge in [-0.15, -0.1) is 0 Å². The van der Waals surface area contributed by atoms with Gasteiger partial charge in [0.1, 0.15) is 12.2 Å². The monoisotopic (exact) mass is 250 g/mol. The molecule has 0 aromatic carbocycles. The highest BCUT2D eigenvalue weighted by Crippen LogP contribution is 2.36. The number of hydrogen-bond donors (Lipinski definition) is 0. The molecule has 0 aliphatic carbocycles. The van der Waals surface area contributed by atoms with Gasteiger partial charge in [0.25, 0.3) is 0 Å². The summed E-state index contributed by atoms with van der Waals surface area (Å²) in [7, 11) is 0. The number of fused-ring (bicyclic) bond motifs is 1. The predicted octanol–water partition coefficient (Wildman–Crippen LogP) is 0.827. The van der Waals surface area contributed by atoms with E-state index in [1.807, 2.05) is 0 Å². The van der Waals surface area contributed by atoms with Crippen LogP contribution in [0, 0.1) is 0 Å². The molecule has 5 heteroatoms. The maximum absolute atomic E-state index is 11.3. The van der Waals surface area contributed by atoms with Crippen molar-refractivity contribution in [3.63, 3.8) is 0 Å². The molecule has 74 valence electrons. The number of alkyl halides is 1. The molecular weight excluding hydrogens is 240 g/mol. The molecule has 2 heterocycles. The number of halogens is 1. The molecule has 0 saturated carbocycles. The summed E-state index contributed by atoms with van der Waals surface area (Å²) in [6.45, 7) is 3.59. The molecule has 4 nitrogen and oxygen atoms in total. The van der Waals surface area contributed by atoms with Gasteiger partial charge >= 0.3 is 5.97 Å². The van der Waals surface area contributed by atoms with E-state index in [0.29, 0.717) is 5.33 Å². The molecule has 2 rings (SSSR count). The molecule has 0 aromatic rings. The van der Waals surface area contributed by atoms with Gasteiger partial charge in [0, 0.05) is 5.33 Å². The number of hydrogen-bond acceptors (Lipinski definition) is 4. The Balaban J connectivity index is 2.17. The van der Waals surface area contributed by atoms with Crippen LogP contribution in [0.1, 0.15) is 13.8 Å². The van der Waals surface area contributed by atoms with Gasteiger partial charge in [0.05, 0.1) is 0 Å². The molecule has 2 aliphatic heterocycles. The summed E-state index contributed by atoms with van der Waals surface area (Å²) in [6, 6.07) is 0. The molecule has 2 saturated heterocycles. The highest BCUT2D eigenvalue weighted by Gasteiger charge is 2.55. The van der Waals surface area contributed by atoms with Gasteiger partial charge in [0.2, 0.25) is 0 Å². The van der Waals surface area contributed by atoms with Crippen LogP contribution in [0.5, 0.6) is 0 Å². The van der Waals surface area contributed by atoms with E-state index in [-0.39, 0.29) is 18.2 Å². The summed E-state index contributed by atoms with van der Waals surface area (Å²) in [4.78, 5) is 11.3. The number of esters is 1. The van der Waals surface area contributed by atoms with Crippen molar-refractivity contribution in [1.82, 2.24) is 0 Å². The number of cyclic esters (lactones) is 1. The molecule has 3 unspecified atom stereocenters. The largest absolute Gasteiger partial charge is 0.457 e. The normalized spacial score (nSPS) is 41.8. The van der Waals surface area contributed by atoms with Crippen LogP contribution >= 0.6 is 15.9 Å². The molecule has 0 aromatic heterocycles. The second kappa shape index (κ2) is 2.93. The lowest BCUT2D eigenvalue weighted by atomic mass is 10.2. The zero-order valence-corrected chi connectivity index (χ0v) is 9.04. The van der Waals surface area contributed by atoms with Gasteiger partial charge < -0.3 is 14.2 Å². The highest BCUT2D eigenvalue weighted by molar-refractivity contribution is 9.09. The third kappa shape index (κ3) is 1.49. The lowest BCUT2D eigenvalue weighted by Crippen LogP contribution is -2.30. The number of carbonyl (C=O) groups excluding carboxylic acids is 1. The highest BCUT2D eigenvalue weighted by atomic mass is 79.9. The summed E-state index contributed by atoms with van der Waals surface area (Å²) in [6.07, 6.45) is -1.03. The summed E-state index contributed by atoms with van der Waals surface area (Å²) in [5, 5.41) is 0.583. The lowest BCUT2D eigenvalue weighted by molar-refractivity contribution is -0.185. The first kappa shape index (κ1) is 9.43. The van der Waals surface area contributed by atoms with Gasteiger partial charge in [0.15, 0.2) is 11.9 Å². The molecule has 2 fully saturated rings. The SMILES string of the molecule is CC1(C)OC2C(=O)OC(CBr)C2O1. The van der Waals surface area contributed by atoms with E-state index in [2.05, 4.69) is 15.9 Å². The molecule has 3 atom stereocenters. The van der Waals surface area contributed by atoms with Crippen molar-refractivity contribution in [3.8, 4) is 0 Å². The lowest BCUT2D eigenvalue weighted by Gasteiger charge is -2.20. The molecular formula is C8H11BrO4. The standard InChI is InChI=1S/C8H11BrO4/c1-8(2)12-5-4(3-9)11-7(10)6(5)13-8/h4-6H,3H2,1-2H3. The summed E-state index contributed by atoms with van der Waals surface area (Å²) < 4.78 is 16.0. The van der Waals surface area contributed by atoms with Crippen LogP contribution in [0.2, 0.25) is 0 Å². The van der Waals surface area contributed by atoms with Crippen molar-refractivity contribution in [2.45, 2.75) is 37.9 Å². The zero-order chi connectivity index (χ0) is 9.64. The first-order chi connectivity index (χ1) is 6.03. The third-order valence-electron chi connectivity index (χ3n) is 2.15. The van der Waals surface area contributed by atoms with Crippen LogP contribution < -0.4 is 0 Å². The number of ether oxygens (including phenoxy) is 3. The van der Waals surface area contributed by atoms with E-state index in [0.717, 1.165) is 0 Å². The van der Waals surface area contributed by atoms with E-state index in [1.165, 1.54) is 0 Å². The Kier molecular flexibility index (Phi) is 2.13. The third-order valence-corrected chi connectivity index (χ3v) is 2.79. The maximum Gasteiger partial charge on any atom is 0.338 e. The minimum Gasteiger partial charge on any atom is -0.457 e. The molecule has 13 heavy (non-hydrogen) atoms. The van der Waals surface area contributed by atoms with Crippen LogP contribution in [0.4, 0.5) is 0 Å². The van der Waals surface area contributed by atoms with E-state index in [4.69, 9.17) is 14.2 Å². The smallest absolute Gasteiger partial charge is 0.338 e. The predicted molar refractivity (Wildman–Crippen MR) is 47.5 cm³/mol. The van der Waals surface area contributed by atoms with Gasteiger partial charge in [-0.25, -0.2) is 4.79 Å². The average molecular weight is 251 g/mol. The van der Waals surface area contributed by atoms with E-state index < -0.39 is 11.9 Å². The Labute approximate surface area is 84.7 Å². The fourth-order valence-electron chi connectivity index (χ4n) is 1.65. The quantitative estimate of drug-likeness (QED) is 0.511. The minimum atomic E-state index is -0.671. The zero-order valence-electron chi connectivity index (χ0n) is 7.45. The van der Waals surface area contributed by atoms with Crippen molar-refractivity contribution in [1.29, 1.82) is 0 Å². The van der Waals surface area contributed by atoms with Crippen LogP contribution in [-0.4, -0.2) is 35.4 Å². The Bertz CT molecular complexity index is 240. The Morgan fingerprint density at radius 2 is 2.15 bits per heavy atom. The molecule has 0 amide bonds. The molecule has 2 aliphatic rings. The van der Waals surface area contributed by atoms with Crippen molar-refractivity contribution >= 4 is 21.9 Å². The fraction of sp³-hybridized carbons (Fsp3) is 0.875. The van der Waals surface area contributed by atoms with Crippen molar-refractivity contribution in [2.24, 2.45) is 0 Å². The second-order valence-electron chi connectivity index (χ2n) is 3.65. The molecule has 0 spiro atoms. The summed E-state index contributed by atoms with van der Waals surface area (Å²) in [5.74, 6) is -0.991. The van der Waals surface area contributed by atoms with Crippen LogP contribution in [0.25, 0.3) is 0 Å². The Morgan fingerprint density at radius 3 is 2.77 bits per heavy atom. The fourth-order valence-corrected chi connectivity index (χ4v) is 2.15. The van der Waals surface area contributed by atoms with Gasteiger partial charge in [-0.05, 0) is 13.8 Å². The second-order valence-corrected chi connectivity index (χ2v) is 4.30. The number of rotatable bonds is 1. The van der Waals surface area contributed by atoms with Crippen molar-refractivity contribution < 1.29 is 19.0 Å². The number of carbonyl (C=O) groups is 1. The van der Waals surface area contributed by atoms with Crippen molar-refractivity contribution in [3.05, 3.63) is 0 Å². The van der Waals surface area contributed by atoms with Crippen LogP contribution in [-0.2, 0) is 19.0 Å². The summed E-state index contributed by atoms with van der Waals surface area (Å²) in [5.41, 5.74) is 0. The van der Waals surface area contributed by atoms with E-state index in [9.17, 15) is 4.79 Å². The van der Waals surface area contributed by atoms with Gasteiger partial charge in [-0.2, -0.15) is 0 Å². The van der Waals surface area contributed by atoms with Crippen LogP contribution in [0.15, 0.2) is 0 Å². The molecule has 0 radical (unpaired) electrons. The Morgan fingerprint density at radius 1 is 1.46 bits per heavy atom. The van der Waals surface area contributed by atoms with Gasteiger partial charge in [-0.1, -0.05) is 15.9 Å².